The largest absolute Gasteiger partial charge is 0.377 e. The Morgan fingerprint density at radius 2 is 2.36 bits per heavy atom. The van der Waals surface area contributed by atoms with Crippen molar-refractivity contribution < 1.29 is 4.74 Å². The summed E-state index contributed by atoms with van der Waals surface area (Å²) in [7, 11) is 1.69. The summed E-state index contributed by atoms with van der Waals surface area (Å²) >= 11 is 0. The van der Waals surface area contributed by atoms with Crippen LogP contribution in [0.2, 0.25) is 0 Å². The summed E-state index contributed by atoms with van der Waals surface area (Å²) in [6.07, 6.45) is 4.41. The van der Waals surface area contributed by atoms with Gasteiger partial charge in [-0.25, -0.2) is 0 Å². The molecule has 0 radical (unpaired) electrons. The molecular formula is C11H18N2O. The molecule has 2 N–H and O–H groups in total. The van der Waals surface area contributed by atoms with Crippen molar-refractivity contribution in [2.24, 2.45) is 5.73 Å². The summed E-state index contributed by atoms with van der Waals surface area (Å²) in [5, 5.41) is 0. The lowest BCUT2D eigenvalue weighted by Crippen LogP contribution is -2.39. The Morgan fingerprint density at radius 1 is 1.64 bits per heavy atom. The van der Waals surface area contributed by atoms with Crippen molar-refractivity contribution in [3.63, 3.8) is 0 Å². The molecule has 2 unspecified atom stereocenters. The lowest BCUT2D eigenvalue weighted by molar-refractivity contribution is -0.0195. The molecule has 2 atom stereocenters. The number of nitrogens with zero attached hydrogens (tertiary/aromatic N) is 1. The van der Waals surface area contributed by atoms with Crippen molar-refractivity contribution >= 4 is 0 Å². The highest BCUT2D eigenvalue weighted by Crippen LogP contribution is 2.28. The van der Waals surface area contributed by atoms with Crippen molar-refractivity contribution in [3.05, 3.63) is 30.1 Å². The maximum Gasteiger partial charge on any atom is 0.0840 e. The Morgan fingerprint density at radius 3 is 2.79 bits per heavy atom. The van der Waals surface area contributed by atoms with E-state index >= 15 is 0 Å². The third-order valence-corrected chi connectivity index (χ3v) is 2.87. The molecule has 1 heterocycles. The third kappa shape index (κ3) is 2.11. The van der Waals surface area contributed by atoms with Crippen LogP contribution in [-0.4, -0.2) is 17.7 Å². The standard InChI is InChI=1S/C11H18N2O/c1-4-11(2,14-3)10(12)9-6-5-7-13-8-9/h5-8,10H,4,12H2,1-3H3. The van der Waals surface area contributed by atoms with Crippen LogP contribution in [0.5, 0.6) is 0 Å². The van der Waals surface area contributed by atoms with Gasteiger partial charge in [-0.2, -0.15) is 0 Å². The topological polar surface area (TPSA) is 48.1 Å². The van der Waals surface area contributed by atoms with Gasteiger partial charge in [-0.1, -0.05) is 13.0 Å². The number of hydrogen-bond donors (Lipinski definition) is 1. The SMILES string of the molecule is CCC(C)(OC)C(N)c1cccnc1. The number of pyridine rings is 1. The quantitative estimate of drug-likeness (QED) is 0.796. The maximum atomic E-state index is 6.13. The number of methoxy groups -OCH3 is 1. The lowest BCUT2D eigenvalue weighted by atomic mass is 9.89. The predicted octanol–water partition coefficient (Wildman–Crippen LogP) is 1.90. The van der Waals surface area contributed by atoms with Gasteiger partial charge < -0.3 is 10.5 Å². The molecule has 0 aromatic carbocycles. The smallest absolute Gasteiger partial charge is 0.0840 e. The summed E-state index contributed by atoms with van der Waals surface area (Å²) in [6.45, 7) is 4.09. The first-order chi connectivity index (χ1) is 6.64. The molecule has 0 fully saturated rings. The zero-order valence-corrected chi connectivity index (χ0v) is 9.03. The molecule has 1 rings (SSSR count). The Labute approximate surface area is 85.3 Å². The minimum absolute atomic E-state index is 0.133. The van der Waals surface area contributed by atoms with Crippen molar-refractivity contribution in [3.8, 4) is 0 Å². The van der Waals surface area contributed by atoms with Crippen LogP contribution in [0.15, 0.2) is 24.5 Å². The van der Waals surface area contributed by atoms with Gasteiger partial charge in [0, 0.05) is 19.5 Å². The second-order valence-electron chi connectivity index (χ2n) is 3.63. The second kappa shape index (κ2) is 4.53. The van der Waals surface area contributed by atoms with Crippen molar-refractivity contribution in [1.29, 1.82) is 0 Å². The fraction of sp³-hybridized carbons (Fsp3) is 0.545. The number of aromatic nitrogens is 1. The first-order valence-corrected chi connectivity index (χ1v) is 4.84. The number of ether oxygens (including phenoxy) is 1. The van der Waals surface area contributed by atoms with E-state index in [1.165, 1.54) is 0 Å². The predicted molar refractivity (Wildman–Crippen MR) is 56.9 cm³/mol. The minimum atomic E-state index is -0.316. The maximum absolute atomic E-state index is 6.13. The Hall–Kier alpha value is -0.930. The first-order valence-electron chi connectivity index (χ1n) is 4.84. The van der Waals surface area contributed by atoms with Crippen LogP contribution in [0.1, 0.15) is 31.9 Å². The molecule has 1 aromatic heterocycles. The summed E-state index contributed by atoms with van der Waals surface area (Å²) in [5.74, 6) is 0. The summed E-state index contributed by atoms with van der Waals surface area (Å²) in [6, 6.07) is 3.73. The van der Waals surface area contributed by atoms with Crippen LogP contribution in [0.3, 0.4) is 0 Å². The Balaban J connectivity index is 2.89. The molecule has 3 heteroatoms. The van der Waals surface area contributed by atoms with E-state index in [0.29, 0.717) is 0 Å². The average Bonchev–Trinajstić information content (AvgIpc) is 2.28. The number of hydrogen-bond acceptors (Lipinski definition) is 3. The van der Waals surface area contributed by atoms with Gasteiger partial charge in [0.2, 0.25) is 0 Å². The van der Waals surface area contributed by atoms with Gasteiger partial charge in [-0.05, 0) is 25.0 Å². The van der Waals surface area contributed by atoms with Crippen molar-refractivity contribution in [2.45, 2.75) is 31.9 Å². The highest BCUT2D eigenvalue weighted by Gasteiger charge is 2.30. The van der Waals surface area contributed by atoms with E-state index in [9.17, 15) is 0 Å². The van der Waals surface area contributed by atoms with Gasteiger partial charge in [-0.15, -0.1) is 0 Å². The molecule has 0 spiro atoms. The van der Waals surface area contributed by atoms with Crippen LogP contribution < -0.4 is 5.73 Å². The van der Waals surface area contributed by atoms with E-state index in [-0.39, 0.29) is 11.6 Å². The van der Waals surface area contributed by atoms with Gasteiger partial charge in [0.05, 0.1) is 11.6 Å². The molecule has 0 bridgehead atoms. The molecule has 14 heavy (non-hydrogen) atoms. The van der Waals surface area contributed by atoms with E-state index in [4.69, 9.17) is 10.5 Å². The van der Waals surface area contributed by atoms with Crippen molar-refractivity contribution in [1.82, 2.24) is 4.98 Å². The molecule has 78 valence electrons. The summed E-state index contributed by atoms with van der Waals surface area (Å²) < 4.78 is 5.45. The highest BCUT2D eigenvalue weighted by atomic mass is 16.5. The molecule has 0 aliphatic rings. The van der Waals surface area contributed by atoms with Gasteiger partial charge >= 0.3 is 0 Å². The lowest BCUT2D eigenvalue weighted by Gasteiger charge is -2.33. The normalized spacial score (nSPS) is 17.4. The fourth-order valence-corrected chi connectivity index (χ4v) is 1.40. The van der Waals surface area contributed by atoms with E-state index in [0.717, 1.165) is 12.0 Å². The zero-order chi connectivity index (χ0) is 10.6. The van der Waals surface area contributed by atoms with Gasteiger partial charge in [0.25, 0.3) is 0 Å². The summed E-state index contributed by atoms with van der Waals surface area (Å²) in [4.78, 5) is 4.05. The number of rotatable bonds is 4. The molecular weight excluding hydrogens is 176 g/mol. The highest BCUT2D eigenvalue weighted by molar-refractivity contribution is 5.17. The minimum Gasteiger partial charge on any atom is -0.377 e. The average molecular weight is 194 g/mol. The molecule has 0 saturated heterocycles. The van der Waals surface area contributed by atoms with E-state index in [1.54, 1.807) is 19.5 Å². The van der Waals surface area contributed by atoms with Crippen LogP contribution in [0, 0.1) is 0 Å². The van der Waals surface area contributed by atoms with E-state index in [1.807, 2.05) is 19.1 Å². The molecule has 3 nitrogen and oxygen atoms in total. The van der Waals surface area contributed by atoms with E-state index in [2.05, 4.69) is 11.9 Å². The van der Waals surface area contributed by atoms with E-state index < -0.39 is 0 Å². The van der Waals surface area contributed by atoms with Crippen molar-refractivity contribution in [2.75, 3.05) is 7.11 Å². The van der Waals surface area contributed by atoms with Crippen LogP contribution >= 0.6 is 0 Å². The van der Waals surface area contributed by atoms with Gasteiger partial charge in [0.1, 0.15) is 0 Å². The monoisotopic (exact) mass is 194 g/mol. The Kier molecular flexibility index (Phi) is 3.61. The summed E-state index contributed by atoms with van der Waals surface area (Å²) in [5.41, 5.74) is 6.83. The van der Waals surface area contributed by atoms with Crippen LogP contribution in [-0.2, 0) is 4.74 Å². The third-order valence-electron chi connectivity index (χ3n) is 2.87. The second-order valence-corrected chi connectivity index (χ2v) is 3.63. The Bertz CT molecular complexity index is 270. The first kappa shape index (κ1) is 11.1. The number of nitrogens with two attached hydrogens (primary N) is 1. The molecule has 0 aliphatic carbocycles. The fourth-order valence-electron chi connectivity index (χ4n) is 1.40. The van der Waals surface area contributed by atoms with Gasteiger partial charge in [0.15, 0.2) is 0 Å². The molecule has 0 saturated carbocycles. The molecule has 1 aromatic rings. The molecule has 0 aliphatic heterocycles. The van der Waals surface area contributed by atoms with Gasteiger partial charge in [-0.3, -0.25) is 4.98 Å². The molecule has 0 amide bonds. The zero-order valence-electron chi connectivity index (χ0n) is 9.03. The van der Waals surface area contributed by atoms with Crippen LogP contribution in [0.25, 0.3) is 0 Å². The van der Waals surface area contributed by atoms with Crippen LogP contribution in [0.4, 0.5) is 0 Å².